The second-order valence-corrected chi connectivity index (χ2v) is 6.26. The molecule has 1 unspecified atom stereocenters. The summed E-state index contributed by atoms with van der Waals surface area (Å²) in [7, 11) is 0. The van der Waals surface area contributed by atoms with Gasteiger partial charge >= 0.3 is 0 Å². The van der Waals surface area contributed by atoms with Crippen LogP contribution in [0.3, 0.4) is 0 Å². The van der Waals surface area contributed by atoms with Gasteiger partial charge in [0.1, 0.15) is 5.78 Å². The van der Waals surface area contributed by atoms with Crippen LogP contribution in [0.1, 0.15) is 47.0 Å². The Kier molecular flexibility index (Phi) is 2.87. The number of likely N-dealkylation sites (tertiary alicyclic amines) is 1. The Morgan fingerprint density at radius 2 is 1.75 bits per heavy atom. The van der Waals surface area contributed by atoms with Crippen molar-refractivity contribution in [1.82, 2.24) is 4.90 Å². The zero-order valence-corrected chi connectivity index (χ0v) is 10.9. The number of piperidine rings is 1. The Bertz CT molecular complexity index is 286. The predicted octanol–water partition coefficient (Wildman–Crippen LogP) is 2.00. The van der Waals surface area contributed by atoms with Crippen LogP contribution in [-0.2, 0) is 9.53 Å². The number of hydrogen-bond acceptors (Lipinski definition) is 3. The quantitative estimate of drug-likeness (QED) is 0.683. The molecule has 2 aliphatic rings. The summed E-state index contributed by atoms with van der Waals surface area (Å²) in [4.78, 5) is 13.7. The Morgan fingerprint density at radius 1 is 1.19 bits per heavy atom. The fraction of sp³-hybridized carbons (Fsp3) is 0.923. The van der Waals surface area contributed by atoms with E-state index in [1.54, 1.807) is 0 Å². The molecule has 2 saturated heterocycles. The maximum absolute atomic E-state index is 11.3. The molecule has 2 fully saturated rings. The number of ether oxygens (including phenoxy) is 1. The van der Waals surface area contributed by atoms with Crippen LogP contribution in [0.15, 0.2) is 0 Å². The maximum atomic E-state index is 11.3. The SMILES string of the molecule is CC1(C)CC(N2CCC(=O)CC2)C(C)(C)O1. The molecule has 92 valence electrons. The molecule has 0 aromatic heterocycles. The Labute approximate surface area is 98.1 Å². The van der Waals surface area contributed by atoms with E-state index in [1.165, 1.54) is 0 Å². The van der Waals surface area contributed by atoms with E-state index >= 15 is 0 Å². The molecule has 0 aromatic carbocycles. The number of nitrogens with zero attached hydrogens (tertiary/aromatic N) is 1. The normalized spacial score (nSPS) is 34.2. The number of Topliss-reactive ketones (excluding diaryl/α,β-unsaturated/α-hetero) is 1. The lowest BCUT2D eigenvalue weighted by molar-refractivity contribution is -0.123. The molecule has 0 aliphatic carbocycles. The van der Waals surface area contributed by atoms with E-state index in [4.69, 9.17) is 4.74 Å². The largest absolute Gasteiger partial charge is 0.368 e. The van der Waals surface area contributed by atoms with Crippen LogP contribution in [0.4, 0.5) is 0 Å². The molecule has 2 heterocycles. The van der Waals surface area contributed by atoms with Crippen LogP contribution in [0.25, 0.3) is 0 Å². The van der Waals surface area contributed by atoms with Gasteiger partial charge in [-0.25, -0.2) is 0 Å². The third kappa shape index (κ3) is 2.30. The molecular formula is C13H23NO2. The molecule has 0 saturated carbocycles. The van der Waals surface area contributed by atoms with Gasteiger partial charge in [-0.1, -0.05) is 0 Å². The first-order valence-corrected chi connectivity index (χ1v) is 6.26. The van der Waals surface area contributed by atoms with E-state index in [0.717, 1.165) is 19.5 Å². The minimum absolute atomic E-state index is 0.0321. The third-order valence-electron chi connectivity index (χ3n) is 3.82. The molecule has 3 nitrogen and oxygen atoms in total. The molecular weight excluding hydrogens is 202 g/mol. The predicted molar refractivity (Wildman–Crippen MR) is 63.5 cm³/mol. The molecule has 1 atom stereocenters. The fourth-order valence-corrected chi connectivity index (χ4v) is 3.19. The number of ketones is 1. The minimum atomic E-state index is -0.0934. The first-order valence-electron chi connectivity index (χ1n) is 6.26. The van der Waals surface area contributed by atoms with E-state index in [-0.39, 0.29) is 11.2 Å². The highest BCUT2D eigenvalue weighted by Crippen LogP contribution is 2.40. The van der Waals surface area contributed by atoms with Gasteiger partial charge in [-0.05, 0) is 34.1 Å². The van der Waals surface area contributed by atoms with E-state index in [9.17, 15) is 4.79 Å². The van der Waals surface area contributed by atoms with Crippen molar-refractivity contribution in [3.05, 3.63) is 0 Å². The summed E-state index contributed by atoms with van der Waals surface area (Å²) >= 11 is 0. The van der Waals surface area contributed by atoms with Gasteiger partial charge in [0.05, 0.1) is 11.2 Å². The third-order valence-corrected chi connectivity index (χ3v) is 3.82. The average molecular weight is 225 g/mol. The van der Waals surface area contributed by atoms with Crippen LogP contribution < -0.4 is 0 Å². The molecule has 3 heteroatoms. The summed E-state index contributed by atoms with van der Waals surface area (Å²) in [5.74, 6) is 0.409. The van der Waals surface area contributed by atoms with Gasteiger partial charge < -0.3 is 4.74 Å². The Balaban J connectivity index is 2.07. The van der Waals surface area contributed by atoms with Gasteiger partial charge in [0.2, 0.25) is 0 Å². The highest BCUT2D eigenvalue weighted by atomic mass is 16.5. The molecule has 0 aromatic rings. The Hall–Kier alpha value is -0.410. The summed E-state index contributed by atoms with van der Waals surface area (Å²) in [6.45, 7) is 10.5. The highest BCUT2D eigenvalue weighted by Gasteiger charge is 2.48. The molecule has 0 N–H and O–H groups in total. The molecule has 0 radical (unpaired) electrons. The summed E-state index contributed by atoms with van der Waals surface area (Å²) in [6, 6.07) is 0.454. The first-order chi connectivity index (χ1) is 7.30. The standard InChI is InChI=1S/C13H23NO2/c1-12(2)9-11(13(3,4)16-12)14-7-5-10(15)6-8-14/h11H,5-9H2,1-4H3. The molecule has 2 rings (SSSR count). The molecule has 0 spiro atoms. The molecule has 0 amide bonds. The van der Waals surface area contributed by atoms with Crippen molar-refractivity contribution >= 4 is 5.78 Å². The summed E-state index contributed by atoms with van der Waals surface area (Å²) in [6.07, 6.45) is 2.49. The highest BCUT2D eigenvalue weighted by molar-refractivity contribution is 5.79. The van der Waals surface area contributed by atoms with Crippen molar-refractivity contribution < 1.29 is 9.53 Å². The monoisotopic (exact) mass is 225 g/mol. The maximum Gasteiger partial charge on any atom is 0.135 e. The zero-order chi connectivity index (χ0) is 12.0. The first kappa shape index (κ1) is 12.1. The summed E-state index contributed by atoms with van der Waals surface area (Å²) < 4.78 is 6.10. The minimum Gasteiger partial charge on any atom is -0.368 e. The van der Waals surface area contributed by atoms with Crippen LogP contribution >= 0.6 is 0 Å². The number of rotatable bonds is 1. The van der Waals surface area contributed by atoms with Crippen LogP contribution in [0, 0.1) is 0 Å². The zero-order valence-electron chi connectivity index (χ0n) is 10.9. The van der Waals surface area contributed by atoms with Crippen LogP contribution in [0.5, 0.6) is 0 Å². The van der Waals surface area contributed by atoms with Crippen molar-refractivity contribution in [2.24, 2.45) is 0 Å². The second kappa shape index (κ2) is 3.81. The lowest BCUT2D eigenvalue weighted by Crippen LogP contribution is -2.49. The van der Waals surface area contributed by atoms with Gasteiger partial charge in [-0.3, -0.25) is 9.69 Å². The van der Waals surface area contributed by atoms with Crippen molar-refractivity contribution in [1.29, 1.82) is 0 Å². The number of carbonyl (C=O) groups excluding carboxylic acids is 1. The van der Waals surface area contributed by atoms with E-state index in [0.29, 0.717) is 24.7 Å². The van der Waals surface area contributed by atoms with Crippen LogP contribution in [-0.4, -0.2) is 41.0 Å². The summed E-state index contributed by atoms with van der Waals surface area (Å²) in [5, 5.41) is 0. The van der Waals surface area contributed by atoms with Crippen molar-refractivity contribution in [3.8, 4) is 0 Å². The Morgan fingerprint density at radius 3 is 2.19 bits per heavy atom. The van der Waals surface area contributed by atoms with Gasteiger partial charge in [0.15, 0.2) is 0 Å². The van der Waals surface area contributed by atoms with Gasteiger partial charge in [0, 0.05) is 32.0 Å². The van der Waals surface area contributed by atoms with Crippen molar-refractivity contribution in [3.63, 3.8) is 0 Å². The smallest absolute Gasteiger partial charge is 0.135 e. The summed E-state index contributed by atoms with van der Waals surface area (Å²) in [5.41, 5.74) is -0.125. The van der Waals surface area contributed by atoms with Gasteiger partial charge in [-0.2, -0.15) is 0 Å². The topological polar surface area (TPSA) is 29.5 Å². The molecule has 16 heavy (non-hydrogen) atoms. The van der Waals surface area contributed by atoms with E-state index in [1.807, 2.05) is 0 Å². The van der Waals surface area contributed by atoms with E-state index in [2.05, 4.69) is 32.6 Å². The van der Waals surface area contributed by atoms with Crippen LogP contribution in [0.2, 0.25) is 0 Å². The van der Waals surface area contributed by atoms with Gasteiger partial charge in [-0.15, -0.1) is 0 Å². The van der Waals surface area contributed by atoms with Crippen molar-refractivity contribution in [2.45, 2.75) is 64.2 Å². The number of carbonyl (C=O) groups is 1. The second-order valence-electron chi connectivity index (χ2n) is 6.26. The molecule has 0 bridgehead atoms. The lowest BCUT2D eigenvalue weighted by atomic mass is 9.91. The van der Waals surface area contributed by atoms with Gasteiger partial charge in [0.25, 0.3) is 0 Å². The van der Waals surface area contributed by atoms with Crippen molar-refractivity contribution in [2.75, 3.05) is 13.1 Å². The van der Waals surface area contributed by atoms with E-state index < -0.39 is 0 Å². The average Bonchev–Trinajstić information content (AvgIpc) is 2.35. The molecule has 2 aliphatic heterocycles. The fourth-order valence-electron chi connectivity index (χ4n) is 3.19. The lowest BCUT2D eigenvalue weighted by Gasteiger charge is -2.38. The number of hydrogen-bond donors (Lipinski definition) is 0.